The summed E-state index contributed by atoms with van der Waals surface area (Å²) >= 11 is 6.60. The van der Waals surface area contributed by atoms with E-state index in [1.165, 1.54) is 6.20 Å². The summed E-state index contributed by atoms with van der Waals surface area (Å²) in [7, 11) is -3.64. The van der Waals surface area contributed by atoms with Crippen molar-refractivity contribution in [2.75, 3.05) is 4.72 Å². The molecule has 8 heteroatoms. The molecule has 0 radical (unpaired) electrons. The highest BCUT2D eigenvalue weighted by Crippen LogP contribution is 2.27. The number of imidazole rings is 1. The fourth-order valence-corrected chi connectivity index (χ4v) is 3.64. The molecule has 0 unspecified atom stereocenters. The van der Waals surface area contributed by atoms with E-state index in [2.05, 4.69) is 46.5 Å². The fourth-order valence-electron chi connectivity index (χ4n) is 1.31. The number of nitrogens with zero attached hydrogens (tertiary/aromatic N) is 1. The lowest BCUT2D eigenvalue weighted by Crippen LogP contribution is -2.13. The van der Waals surface area contributed by atoms with Gasteiger partial charge in [-0.3, -0.25) is 4.72 Å². The van der Waals surface area contributed by atoms with E-state index in [4.69, 9.17) is 0 Å². The molecule has 0 atom stereocenters. The van der Waals surface area contributed by atoms with Crippen LogP contribution in [0.15, 0.2) is 38.4 Å². The lowest BCUT2D eigenvalue weighted by atomic mass is 10.3. The number of anilines is 1. The van der Waals surface area contributed by atoms with E-state index in [1.807, 2.05) is 0 Å². The van der Waals surface area contributed by atoms with Crippen molar-refractivity contribution in [3.05, 3.63) is 39.2 Å². The first-order chi connectivity index (χ1) is 8.38. The van der Waals surface area contributed by atoms with E-state index >= 15 is 0 Å². The molecule has 96 valence electrons. The van der Waals surface area contributed by atoms with Crippen molar-refractivity contribution >= 4 is 47.6 Å². The molecule has 2 rings (SSSR count). The Kier molecular flexibility index (Phi) is 3.79. The zero-order chi connectivity index (χ0) is 13.3. The maximum absolute atomic E-state index is 12.0. The molecule has 1 aromatic carbocycles. The molecular formula is C10H9Br2N3O2S. The van der Waals surface area contributed by atoms with Gasteiger partial charge in [-0.1, -0.05) is 15.9 Å². The van der Waals surface area contributed by atoms with Crippen molar-refractivity contribution in [3.8, 4) is 0 Å². The summed E-state index contributed by atoms with van der Waals surface area (Å²) in [5.41, 5.74) is 0.463. The van der Waals surface area contributed by atoms with Crippen LogP contribution < -0.4 is 4.72 Å². The Bertz CT molecular complexity index is 682. The topological polar surface area (TPSA) is 74.8 Å². The molecule has 1 aromatic heterocycles. The van der Waals surface area contributed by atoms with Crippen molar-refractivity contribution < 1.29 is 8.42 Å². The Morgan fingerprint density at radius 1 is 1.33 bits per heavy atom. The zero-order valence-electron chi connectivity index (χ0n) is 9.24. The van der Waals surface area contributed by atoms with Crippen LogP contribution in [-0.4, -0.2) is 18.4 Å². The highest BCUT2D eigenvalue weighted by molar-refractivity contribution is 9.11. The third-order valence-corrected chi connectivity index (χ3v) is 4.57. The van der Waals surface area contributed by atoms with E-state index in [9.17, 15) is 8.42 Å². The number of aromatic amines is 1. The average molecular weight is 395 g/mol. The molecular weight excluding hydrogens is 386 g/mol. The van der Waals surface area contributed by atoms with Crippen molar-refractivity contribution in [1.29, 1.82) is 0 Å². The minimum absolute atomic E-state index is 0.0369. The average Bonchev–Trinajstić information content (AvgIpc) is 2.70. The van der Waals surface area contributed by atoms with Crippen LogP contribution >= 0.6 is 31.9 Å². The molecule has 5 nitrogen and oxygen atoms in total. The standard InChI is InChI=1S/C10H9Br2N3O2S/c1-6-13-5-10(14-6)18(16,17)15-9-3-2-7(11)4-8(9)12/h2-5,15H,1H3,(H,13,14). The Morgan fingerprint density at radius 3 is 2.61 bits per heavy atom. The van der Waals surface area contributed by atoms with Crippen LogP contribution in [-0.2, 0) is 10.0 Å². The van der Waals surface area contributed by atoms with Gasteiger partial charge >= 0.3 is 0 Å². The van der Waals surface area contributed by atoms with Crippen molar-refractivity contribution in [1.82, 2.24) is 9.97 Å². The largest absolute Gasteiger partial charge is 0.332 e. The summed E-state index contributed by atoms with van der Waals surface area (Å²) in [6, 6.07) is 5.17. The lowest BCUT2D eigenvalue weighted by molar-refractivity contribution is 0.598. The van der Waals surface area contributed by atoms with Crippen LogP contribution in [0, 0.1) is 6.92 Å². The molecule has 2 aromatic rings. The number of aryl methyl sites for hydroxylation is 1. The highest BCUT2D eigenvalue weighted by atomic mass is 79.9. The summed E-state index contributed by atoms with van der Waals surface area (Å²) in [4.78, 5) is 6.55. The number of aromatic nitrogens is 2. The molecule has 0 fully saturated rings. The number of nitrogens with one attached hydrogen (secondary N) is 2. The second-order valence-electron chi connectivity index (χ2n) is 3.56. The molecule has 2 N–H and O–H groups in total. The minimum Gasteiger partial charge on any atom is -0.332 e. The van der Waals surface area contributed by atoms with Gasteiger partial charge in [0.15, 0.2) is 5.03 Å². The molecule has 0 bridgehead atoms. The Labute approximate surface area is 121 Å². The van der Waals surface area contributed by atoms with Gasteiger partial charge < -0.3 is 4.98 Å². The van der Waals surface area contributed by atoms with E-state index in [0.29, 0.717) is 16.0 Å². The number of hydrogen-bond donors (Lipinski definition) is 2. The van der Waals surface area contributed by atoms with E-state index < -0.39 is 10.0 Å². The van der Waals surface area contributed by atoms with Crippen LogP contribution in [0.25, 0.3) is 0 Å². The summed E-state index contributed by atoms with van der Waals surface area (Å²) < 4.78 is 28.1. The first-order valence-corrected chi connectivity index (χ1v) is 7.95. The monoisotopic (exact) mass is 393 g/mol. The van der Waals surface area contributed by atoms with E-state index in [-0.39, 0.29) is 5.03 Å². The van der Waals surface area contributed by atoms with Crippen molar-refractivity contribution in [2.24, 2.45) is 0 Å². The minimum atomic E-state index is -3.64. The molecule has 0 saturated heterocycles. The van der Waals surface area contributed by atoms with Crippen LogP contribution in [0.1, 0.15) is 5.82 Å². The Hall–Kier alpha value is -0.860. The number of benzene rings is 1. The zero-order valence-corrected chi connectivity index (χ0v) is 13.2. The highest BCUT2D eigenvalue weighted by Gasteiger charge is 2.17. The number of halogens is 2. The summed E-state index contributed by atoms with van der Waals surface area (Å²) in [5, 5.41) is 0.0369. The number of H-pyrrole nitrogens is 1. The van der Waals surface area contributed by atoms with Crippen LogP contribution in [0.5, 0.6) is 0 Å². The van der Waals surface area contributed by atoms with Gasteiger partial charge in [-0.05, 0) is 41.1 Å². The first kappa shape index (κ1) is 13.6. The molecule has 0 spiro atoms. The number of hydrogen-bond acceptors (Lipinski definition) is 3. The third-order valence-electron chi connectivity index (χ3n) is 2.14. The fraction of sp³-hybridized carbons (Fsp3) is 0.100. The maximum atomic E-state index is 12.0. The predicted molar refractivity (Wildman–Crippen MR) is 76.0 cm³/mol. The molecule has 0 aliphatic heterocycles. The summed E-state index contributed by atoms with van der Waals surface area (Å²) in [5.74, 6) is 0.547. The molecule has 1 heterocycles. The molecule has 0 amide bonds. The van der Waals surface area contributed by atoms with Crippen LogP contribution in [0.3, 0.4) is 0 Å². The third kappa shape index (κ3) is 2.93. The van der Waals surface area contributed by atoms with E-state index in [1.54, 1.807) is 25.1 Å². The number of rotatable bonds is 3. The van der Waals surface area contributed by atoms with E-state index in [0.717, 1.165) is 4.47 Å². The molecule has 0 aliphatic rings. The van der Waals surface area contributed by atoms with Gasteiger partial charge in [0.1, 0.15) is 5.82 Å². The van der Waals surface area contributed by atoms with Crippen LogP contribution in [0.4, 0.5) is 5.69 Å². The van der Waals surface area contributed by atoms with Gasteiger partial charge in [-0.25, -0.2) is 4.98 Å². The predicted octanol–water partition coefficient (Wildman–Crippen LogP) is 3.04. The molecule has 0 saturated carbocycles. The smallest absolute Gasteiger partial charge is 0.279 e. The Balaban J connectivity index is 2.33. The summed E-state index contributed by atoms with van der Waals surface area (Å²) in [6.07, 6.45) is 1.28. The SMILES string of the molecule is Cc1ncc(S(=O)(=O)Nc2ccc(Br)cc2Br)[nH]1. The maximum Gasteiger partial charge on any atom is 0.279 e. The molecule has 18 heavy (non-hydrogen) atoms. The summed E-state index contributed by atoms with van der Waals surface area (Å²) in [6.45, 7) is 1.69. The second kappa shape index (κ2) is 5.02. The van der Waals surface area contributed by atoms with Gasteiger partial charge in [0.05, 0.1) is 11.9 Å². The quantitative estimate of drug-likeness (QED) is 0.839. The lowest BCUT2D eigenvalue weighted by Gasteiger charge is -2.08. The number of sulfonamides is 1. The normalized spacial score (nSPS) is 11.5. The van der Waals surface area contributed by atoms with Crippen molar-refractivity contribution in [3.63, 3.8) is 0 Å². The Morgan fingerprint density at radius 2 is 2.06 bits per heavy atom. The van der Waals surface area contributed by atoms with Crippen LogP contribution in [0.2, 0.25) is 0 Å². The van der Waals surface area contributed by atoms with Gasteiger partial charge in [0.25, 0.3) is 10.0 Å². The van der Waals surface area contributed by atoms with Gasteiger partial charge in [0, 0.05) is 8.95 Å². The van der Waals surface area contributed by atoms with Gasteiger partial charge in [-0.15, -0.1) is 0 Å². The van der Waals surface area contributed by atoms with Gasteiger partial charge in [0.2, 0.25) is 0 Å². The van der Waals surface area contributed by atoms with Gasteiger partial charge in [-0.2, -0.15) is 8.42 Å². The first-order valence-electron chi connectivity index (χ1n) is 4.88. The molecule has 0 aliphatic carbocycles. The second-order valence-corrected chi connectivity index (χ2v) is 6.98. The van der Waals surface area contributed by atoms with Crippen molar-refractivity contribution in [2.45, 2.75) is 11.9 Å².